The van der Waals surface area contributed by atoms with E-state index in [0.717, 1.165) is 18.5 Å². The third kappa shape index (κ3) is 3.62. The van der Waals surface area contributed by atoms with Crippen LogP contribution in [0.4, 0.5) is 0 Å². The van der Waals surface area contributed by atoms with Gasteiger partial charge in [-0.25, -0.2) is 0 Å². The van der Waals surface area contributed by atoms with E-state index < -0.39 is 0 Å². The molecule has 5 nitrogen and oxygen atoms in total. The summed E-state index contributed by atoms with van der Waals surface area (Å²) in [7, 11) is 0. The summed E-state index contributed by atoms with van der Waals surface area (Å²) in [4.78, 5) is 12.5. The topological polar surface area (TPSA) is 67.0 Å². The van der Waals surface area contributed by atoms with Crippen LogP contribution < -0.4 is 10.1 Å². The molecule has 1 aliphatic rings. The van der Waals surface area contributed by atoms with Crippen LogP contribution in [0.15, 0.2) is 30.9 Å². The van der Waals surface area contributed by atoms with E-state index in [9.17, 15) is 4.79 Å². The first-order valence-corrected chi connectivity index (χ1v) is 8.43. The summed E-state index contributed by atoms with van der Waals surface area (Å²) in [5.41, 5.74) is 3.77. The number of carbonyl (C=O) groups is 1. The summed E-state index contributed by atoms with van der Waals surface area (Å²) < 4.78 is 5.53. The molecular formula is C18H20ClN3O2. The van der Waals surface area contributed by atoms with Crippen molar-refractivity contribution in [3.05, 3.63) is 58.4 Å². The number of nitrogens with zero attached hydrogens (tertiary/aromatic N) is 1. The smallest absolute Gasteiger partial charge is 0.255 e. The average Bonchev–Trinajstić information content (AvgIpc) is 3.02. The fourth-order valence-electron chi connectivity index (χ4n) is 2.91. The second-order valence-corrected chi connectivity index (χ2v) is 6.19. The van der Waals surface area contributed by atoms with Gasteiger partial charge in [0.2, 0.25) is 0 Å². The highest BCUT2D eigenvalue weighted by Crippen LogP contribution is 2.24. The van der Waals surface area contributed by atoms with E-state index in [1.807, 2.05) is 0 Å². The van der Waals surface area contributed by atoms with E-state index in [1.165, 1.54) is 24.1 Å². The number of fused-ring (bicyclic) bond motifs is 1. The van der Waals surface area contributed by atoms with Crippen LogP contribution in [-0.2, 0) is 19.4 Å². The molecule has 126 valence electrons. The van der Waals surface area contributed by atoms with Gasteiger partial charge < -0.3 is 10.1 Å². The molecule has 1 aromatic carbocycles. The minimum atomic E-state index is -0.232. The van der Waals surface area contributed by atoms with Gasteiger partial charge in [-0.1, -0.05) is 24.3 Å². The molecule has 6 heteroatoms. The van der Waals surface area contributed by atoms with E-state index in [0.29, 0.717) is 29.5 Å². The molecule has 1 aliphatic carbocycles. The summed E-state index contributed by atoms with van der Waals surface area (Å²) in [5.74, 6) is 0.255. The summed E-state index contributed by atoms with van der Waals surface area (Å²) in [6.07, 6.45) is 6.03. The lowest BCUT2D eigenvalue weighted by atomic mass is 9.96. The van der Waals surface area contributed by atoms with Gasteiger partial charge in [0, 0.05) is 10.7 Å². The molecule has 0 atom stereocenters. The summed E-state index contributed by atoms with van der Waals surface area (Å²) >= 11 is 6.02. The number of hydrogen-bond acceptors (Lipinski definition) is 3. The molecule has 2 N–H and O–H groups in total. The minimum absolute atomic E-state index is 0.232. The van der Waals surface area contributed by atoms with Gasteiger partial charge in [-0.3, -0.25) is 9.89 Å². The van der Waals surface area contributed by atoms with Crippen molar-refractivity contribution in [2.75, 3.05) is 6.61 Å². The predicted octanol–water partition coefficient (Wildman–Crippen LogP) is 3.44. The van der Waals surface area contributed by atoms with Crippen molar-refractivity contribution in [3.8, 4) is 5.75 Å². The van der Waals surface area contributed by atoms with Gasteiger partial charge in [0.25, 0.3) is 5.91 Å². The largest absolute Gasteiger partial charge is 0.489 e. The molecule has 1 aromatic heterocycles. The summed E-state index contributed by atoms with van der Waals surface area (Å²) in [6.45, 7) is 4.33. The van der Waals surface area contributed by atoms with Crippen LogP contribution in [0.1, 0.15) is 40.2 Å². The standard InChI is InChI=1S/C18H20ClN3O2/c1-2-9-24-17-8-7-12(19)10-14(17)18(23)20-11-16-13-5-3-4-6-15(13)21-22-16/h2,7-8,10H,1,3-6,9,11H2,(H,20,23)(H,21,22). The molecule has 0 fully saturated rings. The SMILES string of the molecule is C=CCOc1ccc(Cl)cc1C(=O)NCc1n[nH]c2c1CCCC2. The average molecular weight is 346 g/mol. The van der Waals surface area contributed by atoms with Gasteiger partial charge in [0.1, 0.15) is 12.4 Å². The van der Waals surface area contributed by atoms with Crippen molar-refractivity contribution in [1.29, 1.82) is 0 Å². The highest BCUT2D eigenvalue weighted by molar-refractivity contribution is 6.31. The first kappa shape index (κ1) is 16.6. The number of carbonyl (C=O) groups excluding carboxylic acids is 1. The number of aromatic nitrogens is 2. The van der Waals surface area contributed by atoms with Crippen LogP contribution in [0, 0.1) is 0 Å². The third-order valence-electron chi connectivity index (χ3n) is 4.10. The zero-order valence-electron chi connectivity index (χ0n) is 13.4. The van der Waals surface area contributed by atoms with Gasteiger partial charge >= 0.3 is 0 Å². The van der Waals surface area contributed by atoms with Gasteiger partial charge in [0.15, 0.2) is 0 Å². The predicted molar refractivity (Wildman–Crippen MR) is 93.5 cm³/mol. The number of ether oxygens (including phenoxy) is 1. The van der Waals surface area contributed by atoms with Gasteiger partial charge in [0.05, 0.1) is 17.8 Å². The Morgan fingerprint density at radius 3 is 3.08 bits per heavy atom. The second-order valence-electron chi connectivity index (χ2n) is 5.76. The fraction of sp³-hybridized carbons (Fsp3) is 0.333. The maximum atomic E-state index is 12.5. The molecule has 0 aliphatic heterocycles. The van der Waals surface area contributed by atoms with Gasteiger partial charge in [-0.05, 0) is 49.4 Å². The Hall–Kier alpha value is -2.27. The van der Waals surface area contributed by atoms with Crippen molar-refractivity contribution in [1.82, 2.24) is 15.5 Å². The zero-order chi connectivity index (χ0) is 16.9. The van der Waals surface area contributed by atoms with E-state index in [1.54, 1.807) is 24.3 Å². The Labute approximate surface area is 146 Å². The van der Waals surface area contributed by atoms with Crippen molar-refractivity contribution < 1.29 is 9.53 Å². The quantitative estimate of drug-likeness (QED) is 0.788. The lowest BCUT2D eigenvalue weighted by molar-refractivity contribution is 0.0947. The van der Waals surface area contributed by atoms with Crippen molar-refractivity contribution in [2.45, 2.75) is 32.2 Å². The van der Waals surface area contributed by atoms with Crippen LogP contribution in [-0.4, -0.2) is 22.7 Å². The number of aryl methyl sites for hydroxylation is 1. The normalized spacial score (nSPS) is 13.2. The Morgan fingerprint density at radius 1 is 1.42 bits per heavy atom. The van der Waals surface area contributed by atoms with E-state index in [2.05, 4.69) is 22.1 Å². The second kappa shape index (κ2) is 7.53. The molecule has 2 aromatic rings. The maximum absolute atomic E-state index is 12.5. The van der Waals surface area contributed by atoms with Crippen molar-refractivity contribution in [2.24, 2.45) is 0 Å². The van der Waals surface area contributed by atoms with Crippen LogP contribution in [0.5, 0.6) is 5.75 Å². The molecule has 1 heterocycles. The molecular weight excluding hydrogens is 326 g/mol. The van der Waals surface area contributed by atoms with Crippen molar-refractivity contribution >= 4 is 17.5 Å². The van der Waals surface area contributed by atoms with E-state index in [-0.39, 0.29) is 5.91 Å². The first-order valence-electron chi connectivity index (χ1n) is 8.05. The van der Waals surface area contributed by atoms with Crippen LogP contribution >= 0.6 is 11.6 Å². The molecule has 24 heavy (non-hydrogen) atoms. The summed E-state index contributed by atoms with van der Waals surface area (Å²) in [6, 6.07) is 4.99. The highest BCUT2D eigenvalue weighted by Gasteiger charge is 2.18. The highest BCUT2D eigenvalue weighted by atomic mass is 35.5. The molecule has 0 spiro atoms. The molecule has 0 bridgehead atoms. The Morgan fingerprint density at radius 2 is 2.25 bits per heavy atom. The maximum Gasteiger partial charge on any atom is 0.255 e. The number of amides is 1. The molecule has 3 rings (SSSR count). The molecule has 0 unspecified atom stereocenters. The van der Waals surface area contributed by atoms with Crippen molar-refractivity contribution in [3.63, 3.8) is 0 Å². The Bertz CT molecular complexity index is 755. The molecule has 0 saturated carbocycles. The lowest BCUT2D eigenvalue weighted by Crippen LogP contribution is -2.24. The van der Waals surface area contributed by atoms with Gasteiger partial charge in [-0.2, -0.15) is 5.10 Å². The lowest BCUT2D eigenvalue weighted by Gasteiger charge is -2.13. The van der Waals surface area contributed by atoms with E-state index >= 15 is 0 Å². The number of benzene rings is 1. The van der Waals surface area contributed by atoms with Crippen LogP contribution in [0.2, 0.25) is 5.02 Å². The minimum Gasteiger partial charge on any atom is -0.489 e. The zero-order valence-corrected chi connectivity index (χ0v) is 14.2. The number of halogens is 1. The van der Waals surface area contributed by atoms with Crippen LogP contribution in [0.25, 0.3) is 0 Å². The van der Waals surface area contributed by atoms with Gasteiger partial charge in [-0.15, -0.1) is 0 Å². The third-order valence-corrected chi connectivity index (χ3v) is 4.34. The number of rotatable bonds is 6. The monoisotopic (exact) mass is 345 g/mol. The molecule has 0 saturated heterocycles. The fourth-order valence-corrected chi connectivity index (χ4v) is 3.08. The Balaban J connectivity index is 1.72. The number of aromatic amines is 1. The first-order chi connectivity index (χ1) is 11.7. The summed E-state index contributed by atoms with van der Waals surface area (Å²) in [5, 5.41) is 10.8. The number of nitrogens with one attached hydrogen (secondary N) is 2. The molecule has 0 radical (unpaired) electrons. The number of H-pyrrole nitrogens is 1. The van der Waals surface area contributed by atoms with Crippen LogP contribution in [0.3, 0.4) is 0 Å². The number of hydrogen-bond donors (Lipinski definition) is 2. The van der Waals surface area contributed by atoms with E-state index in [4.69, 9.17) is 16.3 Å². The Kier molecular flexibility index (Phi) is 5.20. The molecule has 1 amide bonds.